The predicted molar refractivity (Wildman–Crippen MR) is 81.5 cm³/mol. The van der Waals surface area contributed by atoms with Crippen LogP contribution in [0, 0.1) is 5.92 Å². The van der Waals surface area contributed by atoms with Crippen molar-refractivity contribution in [1.82, 2.24) is 15.0 Å². The molecule has 1 saturated heterocycles. The fraction of sp³-hybridized carbons (Fsp3) is 0.333. The van der Waals surface area contributed by atoms with Gasteiger partial charge in [-0.25, -0.2) is 15.0 Å². The number of carbonyl (C=O) groups excluding carboxylic acids is 1. The lowest BCUT2D eigenvalue weighted by Crippen LogP contribution is -2.41. The van der Waals surface area contributed by atoms with E-state index in [1.807, 2.05) is 4.90 Å². The molecule has 22 heavy (non-hydrogen) atoms. The molecule has 1 fully saturated rings. The Morgan fingerprint density at radius 3 is 2.77 bits per heavy atom. The third-order valence-corrected chi connectivity index (χ3v) is 3.66. The summed E-state index contributed by atoms with van der Waals surface area (Å²) >= 11 is 0. The van der Waals surface area contributed by atoms with E-state index in [-0.39, 0.29) is 23.4 Å². The first-order chi connectivity index (χ1) is 10.7. The summed E-state index contributed by atoms with van der Waals surface area (Å²) in [5.74, 6) is 0.477. The highest BCUT2D eigenvalue weighted by Crippen LogP contribution is 2.23. The molecule has 1 atom stereocenters. The van der Waals surface area contributed by atoms with Gasteiger partial charge in [-0.15, -0.1) is 0 Å². The van der Waals surface area contributed by atoms with E-state index in [2.05, 4.69) is 20.3 Å². The van der Waals surface area contributed by atoms with Crippen LogP contribution in [0.15, 0.2) is 36.8 Å². The minimum atomic E-state index is -0.182. The summed E-state index contributed by atoms with van der Waals surface area (Å²) in [6.07, 6.45) is 6.60. The molecule has 1 aliphatic rings. The van der Waals surface area contributed by atoms with E-state index in [4.69, 9.17) is 0 Å². The zero-order valence-corrected chi connectivity index (χ0v) is 12.0. The predicted octanol–water partition coefficient (Wildman–Crippen LogP) is 1.43. The molecule has 2 N–H and O–H groups in total. The Morgan fingerprint density at radius 2 is 2.00 bits per heavy atom. The molecule has 0 spiro atoms. The van der Waals surface area contributed by atoms with Gasteiger partial charge in [0, 0.05) is 31.7 Å². The van der Waals surface area contributed by atoms with Crippen molar-refractivity contribution in [2.45, 2.75) is 12.8 Å². The van der Waals surface area contributed by atoms with Crippen molar-refractivity contribution in [3.8, 4) is 5.75 Å². The molecule has 0 aromatic carbocycles. The maximum Gasteiger partial charge on any atom is 0.230 e. The van der Waals surface area contributed by atoms with E-state index in [1.165, 1.54) is 12.3 Å². The van der Waals surface area contributed by atoms with Gasteiger partial charge in [-0.05, 0) is 31.0 Å². The van der Waals surface area contributed by atoms with Gasteiger partial charge in [0.2, 0.25) is 11.9 Å². The minimum absolute atomic E-state index is 0.0325. The molecule has 0 saturated carbocycles. The number of nitrogens with one attached hydrogen (secondary N) is 1. The van der Waals surface area contributed by atoms with Crippen LogP contribution in [-0.4, -0.2) is 39.1 Å². The van der Waals surface area contributed by atoms with E-state index in [9.17, 15) is 9.90 Å². The van der Waals surface area contributed by atoms with E-state index in [0.717, 1.165) is 19.4 Å². The molecular weight excluding hydrogens is 282 g/mol. The zero-order valence-electron chi connectivity index (χ0n) is 12.0. The summed E-state index contributed by atoms with van der Waals surface area (Å²) in [6, 6.07) is 4.87. The van der Waals surface area contributed by atoms with Crippen LogP contribution in [0.3, 0.4) is 0 Å². The fourth-order valence-corrected chi connectivity index (χ4v) is 2.54. The number of pyridine rings is 1. The molecule has 1 amide bonds. The summed E-state index contributed by atoms with van der Waals surface area (Å²) in [7, 11) is 0. The smallest absolute Gasteiger partial charge is 0.230 e. The molecule has 3 rings (SSSR count). The SMILES string of the molecule is O=C(Nc1ncccc1O)[C@H]1CCCN(c2ncccn2)C1. The highest BCUT2D eigenvalue weighted by Gasteiger charge is 2.27. The Morgan fingerprint density at radius 1 is 1.23 bits per heavy atom. The maximum absolute atomic E-state index is 12.4. The van der Waals surface area contributed by atoms with Crippen molar-refractivity contribution in [3.63, 3.8) is 0 Å². The number of aromatic hydroxyl groups is 1. The van der Waals surface area contributed by atoms with E-state index in [0.29, 0.717) is 12.5 Å². The average Bonchev–Trinajstić information content (AvgIpc) is 2.58. The number of anilines is 2. The Labute approximate surface area is 128 Å². The lowest BCUT2D eigenvalue weighted by Gasteiger charge is -2.31. The number of aromatic nitrogens is 3. The standard InChI is InChI=1S/C15H17N5O2/c21-12-5-1-6-16-13(12)19-14(22)11-4-2-9-20(10-11)15-17-7-3-8-18-15/h1,3,5-8,11,21H,2,4,9-10H2,(H,16,19,22)/t11-/m0/s1. The fourth-order valence-electron chi connectivity index (χ4n) is 2.54. The van der Waals surface area contributed by atoms with Crippen molar-refractivity contribution < 1.29 is 9.90 Å². The Balaban J connectivity index is 1.67. The summed E-state index contributed by atoms with van der Waals surface area (Å²) < 4.78 is 0. The summed E-state index contributed by atoms with van der Waals surface area (Å²) in [6.45, 7) is 1.39. The molecule has 3 heterocycles. The van der Waals surface area contributed by atoms with Gasteiger partial charge < -0.3 is 15.3 Å². The van der Waals surface area contributed by atoms with E-state index in [1.54, 1.807) is 24.5 Å². The second-order valence-corrected chi connectivity index (χ2v) is 5.19. The van der Waals surface area contributed by atoms with Gasteiger partial charge in [-0.2, -0.15) is 0 Å². The molecular formula is C15H17N5O2. The molecule has 0 unspecified atom stereocenters. The molecule has 0 radical (unpaired) electrons. The third kappa shape index (κ3) is 3.13. The number of piperidine rings is 1. The van der Waals surface area contributed by atoms with Gasteiger partial charge in [-0.1, -0.05) is 0 Å². The summed E-state index contributed by atoms with van der Waals surface area (Å²) in [5.41, 5.74) is 0. The number of rotatable bonds is 3. The lowest BCUT2D eigenvalue weighted by atomic mass is 9.97. The van der Waals surface area contributed by atoms with Gasteiger partial charge in [0.1, 0.15) is 0 Å². The van der Waals surface area contributed by atoms with Gasteiger partial charge in [0.25, 0.3) is 0 Å². The van der Waals surface area contributed by atoms with Crippen LogP contribution in [0.1, 0.15) is 12.8 Å². The van der Waals surface area contributed by atoms with Crippen LogP contribution in [0.4, 0.5) is 11.8 Å². The highest BCUT2D eigenvalue weighted by molar-refractivity contribution is 5.93. The number of amides is 1. The highest BCUT2D eigenvalue weighted by atomic mass is 16.3. The average molecular weight is 299 g/mol. The lowest BCUT2D eigenvalue weighted by molar-refractivity contribution is -0.120. The molecule has 114 valence electrons. The Kier molecular flexibility index (Phi) is 4.13. The number of carbonyl (C=O) groups is 1. The van der Waals surface area contributed by atoms with Crippen LogP contribution < -0.4 is 10.2 Å². The van der Waals surface area contributed by atoms with Gasteiger partial charge >= 0.3 is 0 Å². The van der Waals surface area contributed by atoms with Crippen LogP contribution in [-0.2, 0) is 4.79 Å². The van der Waals surface area contributed by atoms with E-state index < -0.39 is 0 Å². The van der Waals surface area contributed by atoms with E-state index >= 15 is 0 Å². The third-order valence-electron chi connectivity index (χ3n) is 3.66. The van der Waals surface area contributed by atoms with Crippen LogP contribution in [0.25, 0.3) is 0 Å². The molecule has 1 aliphatic heterocycles. The maximum atomic E-state index is 12.4. The van der Waals surface area contributed by atoms with Gasteiger partial charge in [0.15, 0.2) is 11.6 Å². The molecule has 2 aromatic heterocycles. The largest absolute Gasteiger partial charge is 0.504 e. The van der Waals surface area contributed by atoms with Crippen molar-refractivity contribution in [2.75, 3.05) is 23.3 Å². The molecule has 7 heteroatoms. The zero-order chi connectivity index (χ0) is 15.4. The normalized spacial score (nSPS) is 18.0. The first-order valence-electron chi connectivity index (χ1n) is 7.21. The van der Waals surface area contributed by atoms with Crippen LogP contribution in [0.2, 0.25) is 0 Å². The van der Waals surface area contributed by atoms with Crippen molar-refractivity contribution in [2.24, 2.45) is 5.92 Å². The van der Waals surface area contributed by atoms with Crippen molar-refractivity contribution in [3.05, 3.63) is 36.8 Å². The molecule has 0 aliphatic carbocycles. The quantitative estimate of drug-likeness (QED) is 0.891. The van der Waals surface area contributed by atoms with Gasteiger partial charge in [0.05, 0.1) is 5.92 Å². The first-order valence-corrected chi connectivity index (χ1v) is 7.21. The molecule has 2 aromatic rings. The summed E-state index contributed by atoms with van der Waals surface area (Å²) in [5, 5.41) is 12.4. The van der Waals surface area contributed by atoms with Crippen LogP contribution >= 0.6 is 0 Å². The van der Waals surface area contributed by atoms with Crippen molar-refractivity contribution >= 4 is 17.7 Å². The molecule has 0 bridgehead atoms. The van der Waals surface area contributed by atoms with Crippen molar-refractivity contribution in [1.29, 1.82) is 0 Å². The number of hydrogen-bond donors (Lipinski definition) is 2. The van der Waals surface area contributed by atoms with Crippen LogP contribution in [0.5, 0.6) is 5.75 Å². The second kappa shape index (κ2) is 6.38. The first kappa shape index (κ1) is 14.2. The minimum Gasteiger partial charge on any atom is -0.504 e. The number of hydrogen-bond acceptors (Lipinski definition) is 6. The summed E-state index contributed by atoms with van der Waals surface area (Å²) in [4.78, 5) is 26.8. The Bertz CT molecular complexity index is 649. The monoisotopic (exact) mass is 299 g/mol. The Hall–Kier alpha value is -2.70. The molecule has 7 nitrogen and oxygen atoms in total. The second-order valence-electron chi connectivity index (χ2n) is 5.19. The topological polar surface area (TPSA) is 91.2 Å². The van der Waals surface area contributed by atoms with Gasteiger partial charge in [-0.3, -0.25) is 4.79 Å². The number of nitrogens with zero attached hydrogens (tertiary/aromatic N) is 4.